The minimum atomic E-state index is -1.99. The normalized spacial score (nSPS) is 19.8. The first-order valence-electron chi connectivity index (χ1n) is 9.40. The molecule has 0 aliphatic heterocycles. The predicted molar refractivity (Wildman–Crippen MR) is 156 cm³/mol. The van der Waals surface area contributed by atoms with E-state index in [1.165, 1.54) is 0 Å². The van der Waals surface area contributed by atoms with Crippen LogP contribution in [0.2, 0.25) is 0 Å². The summed E-state index contributed by atoms with van der Waals surface area (Å²) < 4.78 is 16.9. The third-order valence-electron chi connectivity index (χ3n) is 4.52. The van der Waals surface area contributed by atoms with Crippen molar-refractivity contribution in [2.75, 3.05) is 21.3 Å². The second-order valence-corrected chi connectivity index (χ2v) is 141. The molecule has 0 saturated heterocycles. The minimum absolute atomic E-state index is 0.0450. The van der Waals surface area contributed by atoms with Gasteiger partial charge in [0.25, 0.3) is 0 Å². The summed E-state index contributed by atoms with van der Waals surface area (Å²) in [5, 5.41) is 0. The molecule has 0 fully saturated rings. The summed E-state index contributed by atoms with van der Waals surface area (Å²) in [6, 6.07) is 0. The summed E-state index contributed by atoms with van der Waals surface area (Å²) in [7, 11) is 15.0. The van der Waals surface area contributed by atoms with Gasteiger partial charge in [-0.1, -0.05) is 0 Å². The van der Waals surface area contributed by atoms with Gasteiger partial charge in [0.1, 0.15) is 8.55 Å². The van der Waals surface area contributed by atoms with Crippen LogP contribution < -0.4 is 0 Å². The van der Waals surface area contributed by atoms with Crippen LogP contribution in [0.5, 0.6) is 0 Å². The fourth-order valence-electron chi connectivity index (χ4n) is 2.92. The van der Waals surface area contributed by atoms with Gasteiger partial charge in [-0.3, -0.25) is 0 Å². The van der Waals surface area contributed by atoms with Crippen LogP contribution >= 0.6 is 0 Å². The van der Waals surface area contributed by atoms with Gasteiger partial charge in [-0.15, -0.1) is 0 Å². The Morgan fingerprint density at radius 1 is 0.545 bits per heavy atom. The molecule has 0 bridgehead atoms. The van der Waals surface area contributed by atoms with E-state index in [0.29, 0.717) is 25.7 Å². The van der Waals surface area contributed by atoms with Crippen molar-refractivity contribution in [3.8, 4) is 0 Å². The maximum Gasteiger partial charge on any atom is 0.457 e. The van der Waals surface area contributed by atoms with Crippen molar-refractivity contribution < 1.29 is 13.3 Å². The lowest BCUT2D eigenvalue weighted by Crippen LogP contribution is -2.53. The van der Waals surface area contributed by atoms with Crippen LogP contribution in [0.3, 0.4) is 0 Å². The topological polar surface area (TPSA) is 27.7 Å². The van der Waals surface area contributed by atoms with E-state index in [0.717, 1.165) is 85.5 Å². The molecule has 0 aromatic carbocycles. The molecule has 0 aliphatic carbocycles. The van der Waals surface area contributed by atoms with Crippen LogP contribution in [-0.4, -0.2) is 159 Å². The van der Waals surface area contributed by atoms with Gasteiger partial charge in [-0.25, -0.2) is 0 Å². The van der Waals surface area contributed by atoms with Crippen LogP contribution in [0.4, 0.5) is 0 Å². The zero-order valence-corrected chi connectivity index (χ0v) is 38.4. The summed E-state index contributed by atoms with van der Waals surface area (Å²) in [5.74, 6) is 0. The summed E-state index contributed by atoms with van der Waals surface area (Å²) >= 11 is 0. The summed E-state index contributed by atoms with van der Waals surface area (Å²) in [5.41, 5.74) is 0. The highest BCUT2D eigenvalue weighted by Crippen LogP contribution is 2.01. The van der Waals surface area contributed by atoms with E-state index in [4.69, 9.17) is 13.3 Å². The third kappa shape index (κ3) is 14.5. The molecule has 0 N–H and O–H groups in total. The van der Waals surface area contributed by atoms with E-state index in [1.54, 1.807) is 9.76 Å². The van der Waals surface area contributed by atoms with Crippen LogP contribution in [0.1, 0.15) is 0 Å². The molecule has 0 amide bonds. The monoisotopic (exact) mass is 572 g/mol. The Kier molecular flexibility index (Phi) is 22.0. The Hall–Kier alpha value is 3.35. The van der Waals surface area contributed by atoms with Crippen LogP contribution in [0, 0.1) is 0 Å². The van der Waals surface area contributed by atoms with Gasteiger partial charge < -0.3 is 13.3 Å². The van der Waals surface area contributed by atoms with Gasteiger partial charge in [0, 0.05) is 29.9 Å². The smallest absolute Gasteiger partial charge is 0.380 e. The Labute approximate surface area is 171 Å². The zero-order valence-electron chi connectivity index (χ0n) is 15.6. The summed E-state index contributed by atoms with van der Waals surface area (Å²) in [4.78, 5) is 0. The van der Waals surface area contributed by atoms with E-state index in [9.17, 15) is 0 Å². The molecule has 19 heteroatoms. The molecule has 134 valence electrons. The third-order valence-corrected chi connectivity index (χ3v) is 279. The average molecular weight is 574 g/mol. The fraction of sp³-hybridized carbons (Fsp3) is 1.00. The van der Waals surface area contributed by atoms with Crippen molar-refractivity contribution in [1.29, 1.82) is 0 Å². The van der Waals surface area contributed by atoms with Gasteiger partial charge in [-0.05, 0) is 112 Å². The largest absolute Gasteiger partial charge is 0.457 e. The maximum atomic E-state index is 5.63. The van der Waals surface area contributed by atoms with Crippen molar-refractivity contribution in [3.63, 3.8) is 0 Å². The fourth-order valence-corrected chi connectivity index (χ4v) is 547. The molecule has 0 aromatic heterocycles. The molecule has 0 rings (SSSR count). The van der Waals surface area contributed by atoms with E-state index >= 15 is 0 Å². The first-order chi connectivity index (χ1) is 10.7. The SMILES string of the molecule is CO[Si](OC)(OC)[SiH2][SiH2][SiH2][SiH2][SiH2][SiH2][SiH2][SiH2][SiH2][SiH2][SiH2][SiH2][SiH2][SiH2][SiH3]. The molecule has 0 aromatic rings. The number of hydrogen-bond donors (Lipinski definition) is 0. The van der Waals surface area contributed by atoms with E-state index in [1.807, 2.05) is 21.3 Å². The van der Waals surface area contributed by atoms with Crippen molar-refractivity contribution in [2.45, 2.75) is 0 Å². The number of rotatable bonds is 17. The second-order valence-electron chi connectivity index (χ2n) is 6.29. The molecular weight excluding hydrogens is 533 g/mol. The lowest BCUT2D eigenvalue weighted by Gasteiger charge is -2.24. The Morgan fingerprint density at radius 2 is 0.864 bits per heavy atom. The van der Waals surface area contributed by atoms with Crippen LogP contribution in [0.25, 0.3) is 0 Å². The molecule has 0 aliphatic rings. The molecule has 3 nitrogen and oxygen atoms in total. The van der Waals surface area contributed by atoms with E-state index in [2.05, 4.69) is 0 Å². The van der Waals surface area contributed by atoms with Crippen LogP contribution in [0.15, 0.2) is 0 Å². The summed E-state index contributed by atoms with van der Waals surface area (Å²) in [6.07, 6.45) is 0. The average Bonchev–Trinajstić information content (AvgIpc) is 2.56. The van der Waals surface area contributed by atoms with E-state index in [-0.39, 0.29) is 8.55 Å². The summed E-state index contributed by atoms with van der Waals surface area (Å²) in [6.45, 7) is 0. The first-order valence-corrected chi connectivity index (χ1v) is 71.1. The van der Waals surface area contributed by atoms with Gasteiger partial charge in [0.05, 0.1) is 0 Å². The highest BCUT2D eigenvalue weighted by Gasteiger charge is 2.36. The highest BCUT2D eigenvalue weighted by atomic mass is 30.1. The second kappa shape index (κ2) is 19.1. The number of hydrogen-bond acceptors (Lipinski definition) is 3. The van der Waals surface area contributed by atoms with Crippen LogP contribution in [-0.2, 0) is 13.3 Å². The zero-order chi connectivity index (χ0) is 16.5. The van der Waals surface area contributed by atoms with Gasteiger partial charge in [0.15, 0.2) is 0 Å². The van der Waals surface area contributed by atoms with E-state index < -0.39 is 8.32 Å². The van der Waals surface area contributed by atoms with Crippen molar-refractivity contribution in [2.24, 2.45) is 0 Å². The molecule has 0 heterocycles. The highest BCUT2D eigenvalue weighted by molar-refractivity contribution is 7.73. The molecule has 0 atom stereocenters. The predicted octanol–water partition coefficient (Wildman–Crippen LogP) is -14.1. The molecule has 0 spiro atoms. The molecule has 0 unspecified atom stereocenters. The quantitative estimate of drug-likeness (QED) is 0.128. The molecular formula is C3H40O3Si16. The van der Waals surface area contributed by atoms with Crippen molar-refractivity contribution in [3.05, 3.63) is 0 Å². The Morgan fingerprint density at radius 3 is 1.18 bits per heavy atom. The van der Waals surface area contributed by atoms with Crippen molar-refractivity contribution in [1.82, 2.24) is 0 Å². The van der Waals surface area contributed by atoms with Gasteiger partial charge in [-0.2, -0.15) is 0 Å². The lowest BCUT2D eigenvalue weighted by atomic mass is 11.8. The lowest BCUT2D eigenvalue weighted by molar-refractivity contribution is 0.149. The minimum Gasteiger partial charge on any atom is -0.380 e. The Balaban J connectivity index is 3.27. The standard InChI is InChI=1S/C3H40O3Si16/c1-4-22(5-2,6-3)21-20-19-18-17-16-15-14-13-12-11-10-9-8-7/h8-21H2,1-3,7H3. The van der Waals surface area contributed by atoms with Gasteiger partial charge in [0.2, 0.25) is 0 Å². The maximum absolute atomic E-state index is 5.63. The molecule has 0 radical (unpaired) electrons. The molecule has 0 saturated carbocycles. The Bertz CT molecular complexity index is 218. The van der Waals surface area contributed by atoms with Gasteiger partial charge >= 0.3 is 8.32 Å². The molecule has 22 heavy (non-hydrogen) atoms. The van der Waals surface area contributed by atoms with Crippen molar-refractivity contribution >= 4 is 138 Å². The first kappa shape index (κ1) is 25.4.